The summed E-state index contributed by atoms with van der Waals surface area (Å²) in [7, 11) is 0. The summed E-state index contributed by atoms with van der Waals surface area (Å²) in [6.07, 6.45) is 6.26. The molecule has 0 bridgehead atoms. The third-order valence-corrected chi connectivity index (χ3v) is 2.37. The van der Waals surface area contributed by atoms with Gasteiger partial charge in [-0.15, -0.1) is 0 Å². The van der Waals surface area contributed by atoms with Gasteiger partial charge in [-0.2, -0.15) is 0 Å². The van der Waals surface area contributed by atoms with Gasteiger partial charge in [-0.3, -0.25) is 0 Å². The molecule has 1 aromatic carbocycles. The lowest BCUT2D eigenvalue weighted by Gasteiger charge is -2.24. The Balaban J connectivity index is 2.51. The number of hydrogen-bond donors (Lipinski definition) is 0. The van der Waals surface area contributed by atoms with Gasteiger partial charge in [-0.05, 0) is 11.3 Å². The van der Waals surface area contributed by atoms with Crippen molar-refractivity contribution in [3.05, 3.63) is 46.9 Å². The molecule has 0 saturated heterocycles. The zero-order valence-electron chi connectivity index (χ0n) is 6.53. The summed E-state index contributed by atoms with van der Waals surface area (Å²) in [4.78, 5) is 0. The lowest BCUT2D eigenvalue weighted by Crippen LogP contribution is -2.37. The molecule has 1 nitrogen and oxygen atoms in total. The van der Waals surface area contributed by atoms with Crippen LogP contribution in [0.5, 0.6) is 0 Å². The van der Waals surface area contributed by atoms with Crippen molar-refractivity contribution in [2.45, 2.75) is 6.10 Å². The van der Waals surface area contributed by atoms with E-state index >= 15 is 0 Å². The van der Waals surface area contributed by atoms with Crippen LogP contribution in [0.1, 0.15) is 0 Å². The Morgan fingerprint density at radius 1 is 1.17 bits per heavy atom. The third-order valence-electron chi connectivity index (χ3n) is 2.37. The second-order valence-corrected chi connectivity index (χ2v) is 3.08. The van der Waals surface area contributed by atoms with Gasteiger partial charge in [-0.1, -0.05) is 30.3 Å². The Hall–Kier alpha value is -1.50. The van der Waals surface area contributed by atoms with Gasteiger partial charge < -0.3 is 4.74 Å². The first-order chi connectivity index (χ1) is 5.95. The predicted molar refractivity (Wildman–Crippen MR) is 47.6 cm³/mol. The smallest absolute Gasteiger partial charge is 0.142 e. The lowest BCUT2D eigenvalue weighted by molar-refractivity contribution is 0.267. The quantitative estimate of drug-likeness (QED) is 0.533. The van der Waals surface area contributed by atoms with Crippen molar-refractivity contribution in [1.82, 2.24) is 0 Å². The number of fused-ring (bicyclic) bond motifs is 2. The molecule has 0 spiro atoms. The average Bonchev–Trinajstić information content (AvgIpc) is 2.05. The van der Waals surface area contributed by atoms with Crippen LogP contribution in [-0.2, 0) is 4.74 Å². The summed E-state index contributed by atoms with van der Waals surface area (Å²) >= 11 is 0. The largest absolute Gasteiger partial charge is 0.489 e. The maximum atomic E-state index is 5.45. The van der Waals surface area contributed by atoms with Crippen molar-refractivity contribution in [2.75, 3.05) is 0 Å². The zero-order chi connectivity index (χ0) is 7.97. The van der Waals surface area contributed by atoms with Crippen LogP contribution in [-0.4, -0.2) is 6.10 Å². The fraction of sp³-hybridized carbons (Fsp3) is 0.0909. The zero-order valence-corrected chi connectivity index (χ0v) is 6.53. The molecule has 1 atom stereocenters. The second kappa shape index (κ2) is 2.01. The normalized spacial score (nSPS) is 23.0. The van der Waals surface area contributed by atoms with Crippen LogP contribution in [0.4, 0.5) is 0 Å². The van der Waals surface area contributed by atoms with Crippen LogP contribution in [0.25, 0.3) is 11.8 Å². The van der Waals surface area contributed by atoms with Crippen molar-refractivity contribution < 1.29 is 4.74 Å². The van der Waals surface area contributed by atoms with E-state index in [4.69, 9.17) is 4.74 Å². The minimum atomic E-state index is 0.222. The molecule has 1 aliphatic heterocycles. The molecule has 0 aromatic heterocycles. The summed E-state index contributed by atoms with van der Waals surface area (Å²) in [5.41, 5.74) is 1.31. The SMILES string of the molecule is C1=CC2OC=c3ccccc3=C12. The van der Waals surface area contributed by atoms with E-state index in [1.807, 2.05) is 12.3 Å². The minimum absolute atomic E-state index is 0.222. The summed E-state index contributed by atoms with van der Waals surface area (Å²) in [6.45, 7) is 0. The molecule has 3 rings (SSSR count). The Labute approximate surface area is 70.3 Å². The van der Waals surface area contributed by atoms with Crippen molar-refractivity contribution >= 4 is 11.8 Å². The molecular formula is C11H8O. The number of hydrogen-bond acceptors (Lipinski definition) is 1. The van der Waals surface area contributed by atoms with Gasteiger partial charge >= 0.3 is 0 Å². The van der Waals surface area contributed by atoms with Crippen molar-refractivity contribution in [1.29, 1.82) is 0 Å². The van der Waals surface area contributed by atoms with E-state index in [-0.39, 0.29) is 6.10 Å². The standard InChI is InChI=1S/C11H8O/c1-2-4-9-8(3-1)7-12-11-6-5-10(9)11/h1-7,11H. The van der Waals surface area contributed by atoms with Crippen LogP contribution >= 0.6 is 0 Å². The molecule has 0 amide bonds. The molecule has 1 unspecified atom stereocenters. The fourth-order valence-electron chi connectivity index (χ4n) is 1.64. The maximum Gasteiger partial charge on any atom is 0.142 e. The van der Waals surface area contributed by atoms with E-state index in [0.717, 1.165) is 0 Å². The highest BCUT2D eigenvalue weighted by Crippen LogP contribution is 2.21. The van der Waals surface area contributed by atoms with Crippen molar-refractivity contribution in [2.24, 2.45) is 0 Å². The molecule has 1 heterocycles. The molecule has 0 saturated carbocycles. The lowest BCUT2D eigenvalue weighted by atomic mass is 9.94. The molecule has 1 aromatic rings. The van der Waals surface area contributed by atoms with Gasteiger partial charge in [0.15, 0.2) is 0 Å². The van der Waals surface area contributed by atoms with Crippen LogP contribution in [0.3, 0.4) is 0 Å². The van der Waals surface area contributed by atoms with Gasteiger partial charge in [0.05, 0.1) is 6.26 Å². The molecule has 1 aliphatic carbocycles. The highest BCUT2D eigenvalue weighted by Gasteiger charge is 2.20. The number of rotatable bonds is 0. The van der Waals surface area contributed by atoms with E-state index in [0.29, 0.717) is 0 Å². The Bertz CT molecular complexity index is 468. The molecule has 12 heavy (non-hydrogen) atoms. The summed E-state index contributed by atoms with van der Waals surface area (Å²) in [6, 6.07) is 8.31. The van der Waals surface area contributed by atoms with Crippen LogP contribution in [0.2, 0.25) is 0 Å². The van der Waals surface area contributed by atoms with Crippen molar-refractivity contribution in [3.8, 4) is 0 Å². The van der Waals surface area contributed by atoms with Crippen LogP contribution < -0.4 is 10.4 Å². The maximum absolute atomic E-state index is 5.45. The molecular weight excluding hydrogens is 148 g/mol. The fourth-order valence-corrected chi connectivity index (χ4v) is 1.64. The minimum Gasteiger partial charge on any atom is -0.489 e. The van der Waals surface area contributed by atoms with Gasteiger partial charge in [-0.25, -0.2) is 0 Å². The first kappa shape index (κ1) is 6.06. The summed E-state index contributed by atoms with van der Waals surface area (Å²) in [5.74, 6) is 0. The van der Waals surface area contributed by atoms with Gasteiger partial charge in [0.2, 0.25) is 0 Å². The Morgan fingerprint density at radius 2 is 2.08 bits per heavy atom. The first-order valence-corrected chi connectivity index (χ1v) is 4.08. The highest BCUT2D eigenvalue weighted by molar-refractivity contribution is 5.72. The topological polar surface area (TPSA) is 9.23 Å². The van der Waals surface area contributed by atoms with E-state index in [2.05, 4.69) is 30.4 Å². The molecule has 0 N–H and O–H groups in total. The van der Waals surface area contributed by atoms with Crippen molar-refractivity contribution in [3.63, 3.8) is 0 Å². The Kier molecular flexibility index (Phi) is 1.01. The van der Waals surface area contributed by atoms with E-state index in [1.165, 1.54) is 16.0 Å². The monoisotopic (exact) mass is 156 g/mol. The molecule has 2 aliphatic rings. The average molecular weight is 156 g/mol. The molecule has 0 radical (unpaired) electrons. The third kappa shape index (κ3) is 0.632. The number of benzene rings is 1. The van der Waals surface area contributed by atoms with Crippen LogP contribution in [0, 0.1) is 0 Å². The van der Waals surface area contributed by atoms with E-state index < -0.39 is 0 Å². The number of ether oxygens (including phenoxy) is 1. The molecule has 1 heteroatoms. The van der Waals surface area contributed by atoms with Gasteiger partial charge in [0.1, 0.15) is 6.10 Å². The summed E-state index contributed by atoms with van der Waals surface area (Å²) in [5, 5.41) is 2.50. The molecule has 0 fully saturated rings. The first-order valence-electron chi connectivity index (χ1n) is 4.08. The Morgan fingerprint density at radius 3 is 2.92 bits per heavy atom. The second-order valence-electron chi connectivity index (χ2n) is 3.08. The van der Waals surface area contributed by atoms with Crippen LogP contribution in [0.15, 0.2) is 36.4 Å². The van der Waals surface area contributed by atoms with E-state index in [1.54, 1.807) is 0 Å². The summed E-state index contributed by atoms with van der Waals surface area (Å²) < 4.78 is 5.45. The van der Waals surface area contributed by atoms with E-state index in [9.17, 15) is 0 Å². The molecule has 58 valence electrons. The highest BCUT2D eigenvalue weighted by atomic mass is 16.5. The van der Waals surface area contributed by atoms with Gasteiger partial charge in [0, 0.05) is 10.8 Å². The van der Waals surface area contributed by atoms with Gasteiger partial charge in [0.25, 0.3) is 0 Å². The predicted octanol–water partition coefficient (Wildman–Crippen LogP) is 0.544.